The average molecular weight is 199 g/mol. The Morgan fingerprint density at radius 2 is 2.38 bits per heavy atom. The van der Waals surface area contributed by atoms with Gasteiger partial charge in [0.2, 0.25) is 0 Å². The second kappa shape index (κ2) is 4.39. The zero-order valence-corrected chi connectivity index (χ0v) is 8.54. The lowest BCUT2D eigenvalue weighted by Crippen LogP contribution is -2.25. The van der Waals surface area contributed by atoms with Crippen LogP contribution in [0, 0.1) is 0 Å². The number of aliphatic carboxylic acids is 1. The van der Waals surface area contributed by atoms with Crippen LogP contribution in [0.25, 0.3) is 0 Å². The quantitative estimate of drug-likeness (QED) is 0.798. The van der Waals surface area contributed by atoms with E-state index in [1.165, 1.54) is 11.3 Å². The molecule has 3 nitrogen and oxygen atoms in total. The Labute approximate surface area is 81.6 Å². The molecule has 0 saturated carbocycles. The van der Waals surface area contributed by atoms with Crippen LogP contribution in [0.15, 0.2) is 17.5 Å². The molecule has 1 aromatic rings. The van der Waals surface area contributed by atoms with Gasteiger partial charge in [0.15, 0.2) is 0 Å². The average Bonchev–Trinajstić information content (AvgIpc) is 2.50. The first-order valence-electron chi connectivity index (χ1n) is 4.02. The molecule has 72 valence electrons. The molecular formula is C9H13NO2S. The van der Waals surface area contributed by atoms with Gasteiger partial charge in [-0.1, -0.05) is 6.07 Å². The Morgan fingerprint density at radius 3 is 2.77 bits per heavy atom. The van der Waals surface area contributed by atoms with Crippen molar-refractivity contribution in [3.05, 3.63) is 22.4 Å². The molecule has 0 aromatic carbocycles. The van der Waals surface area contributed by atoms with Gasteiger partial charge in [0, 0.05) is 11.4 Å². The summed E-state index contributed by atoms with van der Waals surface area (Å²) in [5.74, 6) is -1.15. The van der Waals surface area contributed by atoms with Crippen LogP contribution in [0.5, 0.6) is 0 Å². The van der Waals surface area contributed by atoms with Crippen molar-refractivity contribution in [2.45, 2.75) is 5.92 Å². The summed E-state index contributed by atoms with van der Waals surface area (Å²) in [5, 5.41) is 10.9. The van der Waals surface area contributed by atoms with Gasteiger partial charge in [-0.05, 0) is 25.5 Å². The molecule has 0 aliphatic heterocycles. The van der Waals surface area contributed by atoms with Gasteiger partial charge in [0.05, 0.1) is 0 Å². The maximum atomic E-state index is 10.9. The number of thiophene rings is 1. The van der Waals surface area contributed by atoms with Gasteiger partial charge in [0.25, 0.3) is 0 Å². The third kappa shape index (κ3) is 2.82. The molecule has 1 unspecified atom stereocenters. The fourth-order valence-electron chi connectivity index (χ4n) is 1.14. The highest BCUT2D eigenvalue weighted by Crippen LogP contribution is 2.21. The Balaban J connectivity index is 2.75. The molecule has 13 heavy (non-hydrogen) atoms. The fraction of sp³-hybridized carbons (Fsp3) is 0.444. The highest BCUT2D eigenvalue weighted by atomic mass is 32.1. The fourth-order valence-corrected chi connectivity index (χ4v) is 1.96. The Morgan fingerprint density at radius 1 is 1.69 bits per heavy atom. The smallest absolute Gasteiger partial charge is 0.313 e. The summed E-state index contributed by atoms with van der Waals surface area (Å²) in [6.45, 7) is 0.551. The SMILES string of the molecule is CN(C)CC(C(=O)O)c1cccs1. The van der Waals surface area contributed by atoms with Crippen LogP contribution in [0.3, 0.4) is 0 Å². The van der Waals surface area contributed by atoms with E-state index in [1.54, 1.807) is 0 Å². The highest BCUT2D eigenvalue weighted by Gasteiger charge is 2.21. The van der Waals surface area contributed by atoms with E-state index in [1.807, 2.05) is 36.5 Å². The zero-order valence-electron chi connectivity index (χ0n) is 7.73. The van der Waals surface area contributed by atoms with Crippen molar-refractivity contribution >= 4 is 17.3 Å². The lowest BCUT2D eigenvalue weighted by molar-refractivity contribution is -0.139. The largest absolute Gasteiger partial charge is 0.481 e. The molecule has 0 amide bonds. The monoisotopic (exact) mass is 199 g/mol. The minimum Gasteiger partial charge on any atom is -0.481 e. The first-order chi connectivity index (χ1) is 6.11. The molecule has 0 aliphatic rings. The number of likely N-dealkylation sites (N-methyl/N-ethyl adjacent to an activating group) is 1. The lowest BCUT2D eigenvalue weighted by atomic mass is 10.1. The van der Waals surface area contributed by atoms with E-state index in [9.17, 15) is 4.79 Å². The molecule has 0 radical (unpaired) electrons. The van der Waals surface area contributed by atoms with Gasteiger partial charge in [-0.2, -0.15) is 0 Å². The molecule has 1 rings (SSSR count). The second-order valence-electron chi connectivity index (χ2n) is 3.17. The van der Waals surface area contributed by atoms with Crippen LogP contribution < -0.4 is 0 Å². The third-order valence-electron chi connectivity index (χ3n) is 1.73. The number of nitrogens with zero attached hydrogens (tertiary/aromatic N) is 1. The summed E-state index contributed by atoms with van der Waals surface area (Å²) in [6.07, 6.45) is 0. The minimum absolute atomic E-state index is 0.394. The normalized spacial score (nSPS) is 13.2. The van der Waals surface area contributed by atoms with Gasteiger partial charge in [-0.15, -0.1) is 11.3 Å². The topological polar surface area (TPSA) is 40.5 Å². The summed E-state index contributed by atoms with van der Waals surface area (Å²) in [5.41, 5.74) is 0. The molecule has 0 spiro atoms. The van der Waals surface area contributed by atoms with E-state index in [0.29, 0.717) is 6.54 Å². The van der Waals surface area contributed by atoms with E-state index < -0.39 is 11.9 Å². The Kier molecular flexibility index (Phi) is 3.45. The Bertz CT molecular complexity index is 269. The van der Waals surface area contributed by atoms with Crippen molar-refractivity contribution in [3.63, 3.8) is 0 Å². The van der Waals surface area contributed by atoms with E-state index in [-0.39, 0.29) is 0 Å². The van der Waals surface area contributed by atoms with Crippen molar-refractivity contribution in [2.75, 3.05) is 20.6 Å². The molecule has 1 N–H and O–H groups in total. The molecular weight excluding hydrogens is 186 g/mol. The molecule has 0 saturated heterocycles. The van der Waals surface area contributed by atoms with Crippen molar-refractivity contribution in [1.29, 1.82) is 0 Å². The summed E-state index contributed by atoms with van der Waals surface area (Å²) in [4.78, 5) is 13.7. The predicted octanol–water partition coefficient (Wildman–Crippen LogP) is 1.48. The maximum absolute atomic E-state index is 10.9. The number of carboxylic acids is 1. The standard InChI is InChI=1S/C9H13NO2S/c1-10(2)6-7(9(11)12)8-4-3-5-13-8/h3-5,7H,6H2,1-2H3,(H,11,12). The third-order valence-corrected chi connectivity index (χ3v) is 2.72. The van der Waals surface area contributed by atoms with E-state index in [0.717, 1.165) is 4.88 Å². The number of carboxylic acid groups (broad SMARTS) is 1. The number of rotatable bonds is 4. The molecule has 0 fully saturated rings. The summed E-state index contributed by atoms with van der Waals surface area (Å²) >= 11 is 1.49. The van der Waals surface area contributed by atoms with Crippen LogP contribution in [0.1, 0.15) is 10.8 Å². The molecule has 0 aliphatic carbocycles. The van der Waals surface area contributed by atoms with Crippen LogP contribution in [0.2, 0.25) is 0 Å². The summed E-state index contributed by atoms with van der Waals surface area (Å²) < 4.78 is 0. The molecule has 1 heterocycles. The first kappa shape index (κ1) is 10.2. The van der Waals surface area contributed by atoms with Crippen LogP contribution in [-0.2, 0) is 4.79 Å². The molecule has 1 atom stereocenters. The van der Waals surface area contributed by atoms with Crippen molar-refractivity contribution < 1.29 is 9.90 Å². The second-order valence-corrected chi connectivity index (χ2v) is 4.15. The number of hydrogen-bond acceptors (Lipinski definition) is 3. The van der Waals surface area contributed by atoms with E-state index in [4.69, 9.17) is 5.11 Å². The highest BCUT2D eigenvalue weighted by molar-refractivity contribution is 7.10. The van der Waals surface area contributed by atoms with Crippen LogP contribution in [0.4, 0.5) is 0 Å². The van der Waals surface area contributed by atoms with Crippen LogP contribution in [-0.4, -0.2) is 36.6 Å². The maximum Gasteiger partial charge on any atom is 0.313 e. The van der Waals surface area contributed by atoms with Gasteiger partial charge < -0.3 is 10.0 Å². The predicted molar refractivity (Wildman–Crippen MR) is 53.2 cm³/mol. The molecule has 0 bridgehead atoms. The number of hydrogen-bond donors (Lipinski definition) is 1. The molecule has 1 aromatic heterocycles. The van der Waals surface area contributed by atoms with Gasteiger partial charge in [0.1, 0.15) is 5.92 Å². The molecule has 4 heteroatoms. The Hall–Kier alpha value is -0.870. The lowest BCUT2D eigenvalue weighted by Gasteiger charge is -2.15. The van der Waals surface area contributed by atoms with Crippen molar-refractivity contribution in [2.24, 2.45) is 0 Å². The summed E-state index contributed by atoms with van der Waals surface area (Å²) in [7, 11) is 3.76. The van der Waals surface area contributed by atoms with E-state index in [2.05, 4.69) is 0 Å². The van der Waals surface area contributed by atoms with Gasteiger partial charge in [-0.25, -0.2) is 0 Å². The van der Waals surface area contributed by atoms with Gasteiger partial charge >= 0.3 is 5.97 Å². The first-order valence-corrected chi connectivity index (χ1v) is 4.90. The van der Waals surface area contributed by atoms with E-state index >= 15 is 0 Å². The number of carbonyl (C=O) groups is 1. The summed E-state index contributed by atoms with van der Waals surface area (Å²) in [6, 6.07) is 3.75. The van der Waals surface area contributed by atoms with Crippen LogP contribution >= 0.6 is 11.3 Å². The van der Waals surface area contributed by atoms with Crippen molar-refractivity contribution in [1.82, 2.24) is 4.90 Å². The van der Waals surface area contributed by atoms with Crippen molar-refractivity contribution in [3.8, 4) is 0 Å². The van der Waals surface area contributed by atoms with Gasteiger partial charge in [-0.3, -0.25) is 4.79 Å². The zero-order chi connectivity index (χ0) is 9.84. The minimum atomic E-state index is -0.754.